The van der Waals surface area contributed by atoms with Gasteiger partial charge >= 0.3 is 0 Å². The standard InChI is InChI=1S/C21H26ClN/c1-23(16-18-6-3-2-4-7-18)15-5-8-17-9-11-19(12-10-17)20-13-14-21(20)22/h2-4,6-7,9-12,20-21H,5,8,13-16H2,1H3. The molecule has 0 aromatic heterocycles. The number of halogens is 1. The molecule has 2 unspecified atom stereocenters. The van der Waals surface area contributed by atoms with Gasteiger partial charge in [-0.3, -0.25) is 0 Å². The largest absolute Gasteiger partial charge is 0.302 e. The first-order valence-corrected chi connectivity index (χ1v) is 9.11. The molecule has 1 saturated carbocycles. The zero-order valence-electron chi connectivity index (χ0n) is 13.9. The maximum Gasteiger partial charge on any atom is 0.0404 e. The highest BCUT2D eigenvalue weighted by Crippen LogP contribution is 2.40. The Bertz CT molecular complexity index is 593. The van der Waals surface area contributed by atoms with E-state index in [-0.39, 0.29) is 0 Å². The summed E-state index contributed by atoms with van der Waals surface area (Å²) in [6, 6.07) is 19.8. The van der Waals surface area contributed by atoms with Crippen LogP contribution >= 0.6 is 11.6 Å². The van der Waals surface area contributed by atoms with E-state index < -0.39 is 0 Å². The Labute approximate surface area is 145 Å². The summed E-state index contributed by atoms with van der Waals surface area (Å²) in [5.41, 5.74) is 4.24. The molecule has 0 spiro atoms. The minimum atomic E-state index is 0.354. The minimum Gasteiger partial charge on any atom is -0.302 e. The number of aryl methyl sites for hydroxylation is 1. The predicted molar refractivity (Wildman–Crippen MR) is 99.2 cm³/mol. The smallest absolute Gasteiger partial charge is 0.0404 e. The van der Waals surface area contributed by atoms with Gasteiger partial charge in [0.25, 0.3) is 0 Å². The van der Waals surface area contributed by atoms with E-state index in [1.54, 1.807) is 0 Å². The second kappa shape index (κ2) is 7.99. The molecule has 0 radical (unpaired) electrons. The van der Waals surface area contributed by atoms with Crippen molar-refractivity contribution in [2.75, 3.05) is 13.6 Å². The van der Waals surface area contributed by atoms with Crippen LogP contribution in [-0.4, -0.2) is 23.9 Å². The molecule has 23 heavy (non-hydrogen) atoms. The lowest BCUT2D eigenvalue weighted by atomic mass is 9.79. The number of alkyl halides is 1. The van der Waals surface area contributed by atoms with Gasteiger partial charge < -0.3 is 4.90 Å². The van der Waals surface area contributed by atoms with E-state index in [1.165, 1.54) is 36.0 Å². The lowest BCUT2D eigenvalue weighted by molar-refractivity contribution is 0.322. The summed E-state index contributed by atoms with van der Waals surface area (Å²) < 4.78 is 0. The van der Waals surface area contributed by atoms with Gasteiger partial charge in [-0.25, -0.2) is 0 Å². The lowest BCUT2D eigenvalue weighted by Crippen LogP contribution is -2.23. The van der Waals surface area contributed by atoms with Crippen molar-refractivity contribution < 1.29 is 0 Å². The Kier molecular flexibility index (Phi) is 5.75. The first-order chi connectivity index (χ1) is 11.2. The van der Waals surface area contributed by atoms with Crippen molar-refractivity contribution in [2.45, 2.75) is 43.5 Å². The van der Waals surface area contributed by atoms with E-state index in [1.807, 2.05) is 0 Å². The van der Waals surface area contributed by atoms with Gasteiger partial charge in [-0.2, -0.15) is 0 Å². The highest BCUT2D eigenvalue weighted by atomic mass is 35.5. The van der Waals surface area contributed by atoms with Crippen molar-refractivity contribution in [3.05, 3.63) is 71.3 Å². The molecule has 0 bridgehead atoms. The van der Waals surface area contributed by atoms with Gasteiger partial charge in [0.05, 0.1) is 0 Å². The summed E-state index contributed by atoms with van der Waals surface area (Å²) >= 11 is 6.27. The fourth-order valence-electron chi connectivity index (χ4n) is 3.29. The van der Waals surface area contributed by atoms with Crippen LogP contribution in [0.2, 0.25) is 0 Å². The van der Waals surface area contributed by atoms with E-state index >= 15 is 0 Å². The normalized spacial score (nSPS) is 20.5. The van der Waals surface area contributed by atoms with Crippen LogP contribution in [0.4, 0.5) is 0 Å². The zero-order valence-corrected chi connectivity index (χ0v) is 14.7. The van der Waals surface area contributed by atoms with Crippen LogP contribution in [0.15, 0.2) is 54.6 Å². The molecule has 122 valence electrons. The van der Waals surface area contributed by atoms with Crippen LogP contribution in [0.1, 0.15) is 41.9 Å². The SMILES string of the molecule is CN(CCCc1ccc(C2CCC2Cl)cc1)Cc1ccccc1. The lowest BCUT2D eigenvalue weighted by Gasteiger charge is -2.32. The Balaban J connectivity index is 1.41. The Hall–Kier alpha value is -1.31. The average molecular weight is 328 g/mol. The molecule has 3 rings (SSSR count). The zero-order chi connectivity index (χ0) is 16.1. The topological polar surface area (TPSA) is 3.24 Å². The number of hydrogen-bond donors (Lipinski definition) is 0. The summed E-state index contributed by atoms with van der Waals surface area (Å²) in [4.78, 5) is 2.40. The molecule has 0 amide bonds. The maximum atomic E-state index is 6.27. The quantitative estimate of drug-likeness (QED) is 0.629. The third kappa shape index (κ3) is 4.59. The Morgan fingerprint density at radius 1 is 0.957 bits per heavy atom. The van der Waals surface area contributed by atoms with Gasteiger partial charge in [0, 0.05) is 17.8 Å². The minimum absolute atomic E-state index is 0.354. The molecular formula is C21H26ClN. The molecule has 2 aromatic rings. The molecule has 2 heteroatoms. The summed E-state index contributed by atoms with van der Waals surface area (Å²) in [6.45, 7) is 2.15. The molecule has 1 aliphatic carbocycles. The van der Waals surface area contributed by atoms with Gasteiger partial charge in [0.2, 0.25) is 0 Å². The summed E-state index contributed by atoms with van der Waals surface area (Å²) in [7, 11) is 2.20. The Morgan fingerprint density at radius 2 is 1.70 bits per heavy atom. The third-order valence-corrected chi connectivity index (χ3v) is 5.42. The molecule has 0 heterocycles. The third-order valence-electron chi connectivity index (χ3n) is 4.90. The second-order valence-electron chi connectivity index (χ2n) is 6.77. The second-order valence-corrected chi connectivity index (χ2v) is 7.33. The van der Waals surface area contributed by atoms with Gasteiger partial charge in [-0.15, -0.1) is 11.6 Å². The number of rotatable bonds is 7. The van der Waals surface area contributed by atoms with Crippen LogP contribution in [0.5, 0.6) is 0 Å². The molecule has 1 nitrogen and oxygen atoms in total. The molecule has 1 fully saturated rings. The van der Waals surface area contributed by atoms with E-state index in [0.717, 1.165) is 19.5 Å². The van der Waals surface area contributed by atoms with Crippen molar-refractivity contribution in [3.8, 4) is 0 Å². The summed E-state index contributed by atoms with van der Waals surface area (Å²) in [5.74, 6) is 0.586. The van der Waals surface area contributed by atoms with E-state index in [0.29, 0.717) is 11.3 Å². The maximum absolute atomic E-state index is 6.27. The van der Waals surface area contributed by atoms with Crippen LogP contribution in [0.25, 0.3) is 0 Å². The monoisotopic (exact) mass is 327 g/mol. The van der Waals surface area contributed by atoms with Crippen molar-refractivity contribution in [1.29, 1.82) is 0 Å². The molecule has 2 atom stereocenters. The van der Waals surface area contributed by atoms with Crippen LogP contribution in [0.3, 0.4) is 0 Å². The number of benzene rings is 2. The predicted octanol–water partition coefficient (Wildman–Crippen LogP) is 5.24. The number of nitrogens with zero attached hydrogens (tertiary/aromatic N) is 1. The van der Waals surface area contributed by atoms with Crippen LogP contribution in [-0.2, 0) is 13.0 Å². The van der Waals surface area contributed by atoms with Gasteiger partial charge in [0.15, 0.2) is 0 Å². The first-order valence-electron chi connectivity index (χ1n) is 8.68. The van der Waals surface area contributed by atoms with Crippen LogP contribution in [0, 0.1) is 0 Å². The van der Waals surface area contributed by atoms with Crippen LogP contribution < -0.4 is 0 Å². The van der Waals surface area contributed by atoms with Crippen molar-refractivity contribution in [1.82, 2.24) is 4.90 Å². The first kappa shape index (κ1) is 16.5. The highest BCUT2D eigenvalue weighted by molar-refractivity contribution is 6.21. The fraction of sp³-hybridized carbons (Fsp3) is 0.429. The van der Waals surface area contributed by atoms with Crippen molar-refractivity contribution in [2.24, 2.45) is 0 Å². The fourth-order valence-corrected chi connectivity index (χ4v) is 3.69. The van der Waals surface area contributed by atoms with Crippen molar-refractivity contribution in [3.63, 3.8) is 0 Å². The highest BCUT2D eigenvalue weighted by Gasteiger charge is 2.29. The van der Waals surface area contributed by atoms with E-state index in [2.05, 4.69) is 66.5 Å². The van der Waals surface area contributed by atoms with E-state index in [4.69, 9.17) is 11.6 Å². The van der Waals surface area contributed by atoms with Gasteiger partial charge in [-0.05, 0) is 56.0 Å². The molecule has 0 saturated heterocycles. The summed E-state index contributed by atoms with van der Waals surface area (Å²) in [6.07, 6.45) is 4.76. The van der Waals surface area contributed by atoms with Crippen molar-refractivity contribution >= 4 is 11.6 Å². The summed E-state index contributed by atoms with van der Waals surface area (Å²) in [5, 5.41) is 0.354. The molecule has 2 aromatic carbocycles. The molecule has 0 aliphatic heterocycles. The van der Waals surface area contributed by atoms with E-state index in [9.17, 15) is 0 Å². The molecular weight excluding hydrogens is 302 g/mol. The van der Waals surface area contributed by atoms with Gasteiger partial charge in [-0.1, -0.05) is 54.6 Å². The molecule has 1 aliphatic rings. The molecule has 0 N–H and O–H groups in total. The average Bonchev–Trinajstić information content (AvgIpc) is 2.56. The van der Waals surface area contributed by atoms with Gasteiger partial charge in [0.1, 0.15) is 0 Å². The Morgan fingerprint density at radius 3 is 2.30 bits per heavy atom. The number of hydrogen-bond acceptors (Lipinski definition) is 1.